The van der Waals surface area contributed by atoms with Gasteiger partial charge in [0.25, 0.3) is 0 Å². The van der Waals surface area contributed by atoms with Crippen LogP contribution in [0, 0.1) is 11.3 Å². The van der Waals surface area contributed by atoms with Crippen molar-refractivity contribution in [2.75, 3.05) is 38.1 Å². The summed E-state index contributed by atoms with van der Waals surface area (Å²) in [6.07, 6.45) is 5.81. The number of nitriles is 1. The fourth-order valence-corrected chi connectivity index (χ4v) is 1.99. The lowest BCUT2D eigenvalue weighted by Crippen LogP contribution is -2.31. The average molecular weight is 231 g/mol. The lowest BCUT2D eigenvalue weighted by atomic mass is 10.4. The van der Waals surface area contributed by atoms with Crippen molar-refractivity contribution in [3.63, 3.8) is 0 Å². The Bertz CT molecular complexity index is 388. The number of hydrogen-bond donors (Lipinski definition) is 0. The van der Waals surface area contributed by atoms with Crippen LogP contribution in [-0.2, 0) is 0 Å². The smallest absolute Gasteiger partial charge is 0.158 e. The number of aromatic nitrogens is 2. The fraction of sp³-hybridized carbons (Fsp3) is 0.583. The van der Waals surface area contributed by atoms with E-state index < -0.39 is 0 Å². The first-order chi connectivity index (χ1) is 8.29. The first-order valence-corrected chi connectivity index (χ1v) is 5.95. The molecule has 1 aromatic rings. The maximum Gasteiger partial charge on any atom is 0.158 e. The summed E-state index contributed by atoms with van der Waals surface area (Å²) in [5.74, 6) is 0.822. The minimum atomic E-state index is 0.363. The number of anilines is 1. The molecule has 1 aliphatic heterocycles. The second-order valence-corrected chi connectivity index (χ2v) is 4.34. The van der Waals surface area contributed by atoms with Crippen molar-refractivity contribution in [2.24, 2.45) is 0 Å². The molecule has 5 heteroatoms. The van der Waals surface area contributed by atoms with Gasteiger partial charge in [-0.05, 0) is 25.9 Å². The van der Waals surface area contributed by atoms with Gasteiger partial charge in [0.1, 0.15) is 11.9 Å². The van der Waals surface area contributed by atoms with Crippen molar-refractivity contribution in [1.82, 2.24) is 14.9 Å². The molecule has 90 valence electrons. The summed E-state index contributed by atoms with van der Waals surface area (Å²) in [7, 11) is 2.01. The van der Waals surface area contributed by atoms with E-state index in [1.807, 2.05) is 13.1 Å². The number of likely N-dealkylation sites (tertiary alicyclic amines) is 1. The van der Waals surface area contributed by atoms with E-state index in [0.717, 1.165) is 18.9 Å². The normalized spacial score (nSPS) is 15.8. The molecular weight excluding hydrogens is 214 g/mol. The van der Waals surface area contributed by atoms with Gasteiger partial charge in [0.2, 0.25) is 0 Å². The summed E-state index contributed by atoms with van der Waals surface area (Å²) in [4.78, 5) is 12.8. The zero-order chi connectivity index (χ0) is 12.1. The van der Waals surface area contributed by atoms with Crippen LogP contribution >= 0.6 is 0 Å². The molecule has 0 atom stereocenters. The average Bonchev–Trinajstić information content (AvgIpc) is 2.89. The van der Waals surface area contributed by atoms with Crippen LogP contribution in [0.2, 0.25) is 0 Å². The Morgan fingerprint density at radius 1 is 1.35 bits per heavy atom. The van der Waals surface area contributed by atoms with Crippen LogP contribution in [0.3, 0.4) is 0 Å². The molecule has 0 radical (unpaired) electrons. The topological polar surface area (TPSA) is 56.0 Å². The van der Waals surface area contributed by atoms with Crippen LogP contribution in [0.4, 0.5) is 5.82 Å². The third kappa shape index (κ3) is 3.14. The van der Waals surface area contributed by atoms with Gasteiger partial charge in [0.15, 0.2) is 5.69 Å². The highest BCUT2D eigenvalue weighted by Gasteiger charge is 2.12. The Balaban J connectivity index is 1.85. The molecule has 0 aromatic carbocycles. The van der Waals surface area contributed by atoms with E-state index in [-0.39, 0.29) is 0 Å². The summed E-state index contributed by atoms with van der Waals surface area (Å²) in [5, 5.41) is 8.64. The van der Waals surface area contributed by atoms with E-state index >= 15 is 0 Å². The van der Waals surface area contributed by atoms with E-state index in [4.69, 9.17) is 5.26 Å². The van der Waals surface area contributed by atoms with Crippen molar-refractivity contribution < 1.29 is 0 Å². The summed E-state index contributed by atoms with van der Waals surface area (Å²) in [6, 6.07) is 1.97. The van der Waals surface area contributed by atoms with Crippen molar-refractivity contribution in [1.29, 1.82) is 5.26 Å². The number of nitrogens with zero attached hydrogens (tertiary/aromatic N) is 5. The third-order valence-corrected chi connectivity index (χ3v) is 3.09. The maximum atomic E-state index is 8.64. The van der Waals surface area contributed by atoms with Crippen LogP contribution in [0.25, 0.3) is 0 Å². The molecule has 1 aliphatic rings. The molecule has 1 saturated heterocycles. The van der Waals surface area contributed by atoms with E-state index in [2.05, 4.69) is 19.8 Å². The Morgan fingerprint density at radius 2 is 2.12 bits per heavy atom. The van der Waals surface area contributed by atoms with E-state index in [1.54, 1.807) is 6.20 Å². The van der Waals surface area contributed by atoms with Crippen molar-refractivity contribution >= 4 is 5.82 Å². The molecular formula is C12H17N5. The van der Waals surface area contributed by atoms with Gasteiger partial charge in [0.05, 0.1) is 12.4 Å². The minimum Gasteiger partial charge on any atom is -0.357 e. The molecule has 0 amide bonds. The second kappa shape index (κ2) is 5.60. The van der Waals surface area contributed by atoms with E-state index in [0.29, 0.717) is 5.69 Å². The Kier molecular flexibility index (Phi) is 3.89. The molecule has 1 aromatic heterocycles. The molecule has 17 heavy (non-hydrogen) atoms. The predicted molar refractivity (Wildman–Crippen MR) is 65.7 cm³/mol. The highest BCUT2D eigenvalue weighted by atomic mass is 15.2. The van der Waals surface area contributed by atoms with Crippen LogP contribution in [0.1, 0.15) is 18.5 Å². The monoisotopic (exact) mass is 231 g/mol. The summed E-state index contributed by atoms with van der Waals surface area (Å²) in [6.45, 7) is 4.44. The third-order valence-electron chi connectivity index (χ3n) is 3.09. The molecule has 0 saturated carbocycles. The number of hydrogen-bond acceptors (Lipinski definition) is 5. The highest BCUT2D eigenvalue weighted by molar-refractivity contribution is 5.35. The molecule has 0 N–H and O–H groups in total. The van der Waals surface area contributed by atoms with Gasteiger partial charge in [-0.3, -0.25) is 0 Å². The van der Waals surface area contributed by atoms with Crippen molar-refractivity contribution in [3.8, 4) is 6.07 Å². The second-order valence-electron chi connectivity index (χ2n) is 4.34. The summed E-state index contributed by atoms with van der Waals surface area (Å²) in [5.41, 5.74) is 0.363. The molecule has 0 unspecified atom stereocenters. The predicted octanol–water partition coefficient (Wildman–Crippen LogP) is 0.880. The lowest BCUT2D eigenvalue weighted by Gasteiger charge is -2.21. The Hall–Kier alpha value is -1.67. The molecule has 0 spiro atoms. The largest absolute Gasteiger partial charge is 0.357 e. The van der Waals surface area contributed by atoms with Gasteiger partial charge in [0, 0.05) is 20.1 Å². The Labute approximate surface area is 102 Å². The number of rotatable bonds is 4. The van der Waals surface area contributed by atoms with Gasteiger partial charge in [-0.1, -0.05) is 0 Å². The number of likely N-dealkylation sites (N-methyl/N-ethyl adjacent to an activating group) is 1. The first-order valence-electron chi connectivity index (χ1n) is 5.95. The fourth-order valence-electron chi connectivity index (χ4n) is 1.99. The standard InChI is InChI=1S/C12H17N5/c1-16(6-7-17-4-2-3-5-17)12-10-14-11(8-13)9-15-12/h9-10H,2-7H2,1H3. The maximum absolute atomic E-state index is 8.64. The Morgan fingerprint density at radius 3 is 2.71 bits per heavy atom. The van der Waals surface area contributed by atoms with Gasteiger partial charge in [-0.2, -0.15) is 5.26 Å². The SMILES string of the molecule is CN(CCN1CCCC1)c1cnc(C#N)cn1. The molecule has 0 aliphatic carbocycles. The van der Waals surface area contributed by atoms with Gasteiger partial charge in [-0.25, -0.2) is 9.97 Å². The lowest BCUT2D eigenvalue weighted by molar-refractivity contribution is 0.346. The molecule has 1 fully saturated rings. The van der Waals surface area contributed by atoms with Crippen LogP contribution < -0.4 is 4.90 Å². The summed E-state index contributed by atoms with van der Waals surface area (Å²) < 4.78 is 0. The quantitative estimate of drug-likeness (QED) is 0.770. The molecule has 0 bridgehead atoms. The molecule has 5 nitrogen and oxygen atoms in total. The molecule has 2 rings (SSSR count). The zero-order valence-electron chi connectivity index (χ0n) is 10.1. The van der Waals surface area contributed by atoms with E-state index in [9.17, 15) is 0 Å². The van der Waals surface area contributed by atoms with Crippen LogP contribution in [0.15, 0.2) is 12.4 Å². The van der Waals surface area contributed by atoms with Crippen LogP contribution in [0.5, 0.6) is 0 Å². The van der Waals surface area contributed by atoms with Crippen molar-refractivity contribution in [3.05, 3.63) is 18.1 Å². The highest BCUT2D eigenvalue weighted by Crippen LogP contribution is 2.09. The first kappa shape index (κ1) is 11.8. The zero-order valence-corrected chi connectivity index (χ0v) is 10.1. The van der Waals surface area contributed by atoms with Crippen molar-refractivity contribution in [2.45, 2.75) is 12.8 Å². The van der Waals surface area contributed by atoms with Gasteiger partial charge >= 0.3 is 0 Å². The summed E-state index contributed by atoms with van der Waals surface area (Å²) >= 11 is 0. The van der Waals surface area contributed by atoms with Gasteiger partial charge < -0.3 is 9.80 Å². The van der Waals surface area contributed by atoms with Crippen LogP contribution in [-0.4, -0.2) is 48.1 Å². The minimum absolute atomic E-state index is 0.363. The molecule has 2 heterocycles. The van der Waals surface area contributed by atoms with E-state index in [1.165, 1.54) is 32.1 Å². The van der Waals surface area contributed by atoms with Gasteiger partial charge in [-0.15, -0.1) is 0 Å².